The molecule has 0 aliphatic heterocycles. The van der Waals surface area contributed by atoms with Crippen LogP contribution in [0.4, 0.5) is 5.82 Å². The predicted octanol–water partition coefficient (Wildman–Crippen LogP) is 2.04. The third kappa shape index (κ3) is 1.95. The molecule has 0 fully saturated rings. The molecule has 4 nitrogen and oxygen atoms in total. The fraction of sp³-hybridized carbons (Fsp3) is 0.167. The van der Waals surface area contributed by atoms with Gasteiger partial charge in [-0.3, -0.25) is 0 Å². The average Bonchev–Trinajstić information content (AvgIpc) is 2.29. The monoisotopic (exact) mass is 215 g/mol. The lowest BCUT2D eigenvalue weighted by molar-refractivity contribution is 0.416. The zero-order chi connectivity index (χ0) is 11.5. The zero-order valence-electron chi connectivity index (χ0n) is 9.27. The lowest BCUT2D eigenvalue weighted by atomic mass is 10.1. The topological polar surface area (TPSA) is 61.0 Å². The van der Waals surface area contributed by atoms with Crippen LogP contribution in [0.15, 0.2) is 30.5 Å². The number of anilines is 1. The smallest absolute Gasteiger partial charge is 0.165 e. The third-order valence-electron chi connectivity index (χ3n) is 2.27. The molecule has 0 aliphatic carbocycles. The Morgan fingerprint density at radius 2 is 2.06 bits per heavy atom. The summed E-state index contributed by atoms with van der Waals surface area (Å²) in [7, 11) is 1.63. The Labute approximate surface area is 94.1 Å². The molecule has 0 unspecified atom stereocenters. The summed E-state index contributed by atoms with van der Waals surface area (Å²) in [6.45, 7) is 2.01. The summed E-state index contributed by atoms with van der Waals surface area (Å²) in [4.78, 5) is 8.37. The number of hydrogen-bond acceptors (Lipinski definition) is 4. The molecule has 0 aliphatic rings. The van der Waals surface area contributed by atoms with Gasteiger partial charge < -0.3 is 10.5 Å². The molecule has 0 amide bonds. The van der Waals surface area contributed by atoms with Crippen LogP contribution in [0.5, 0.6) is 5.75 Å². The number of ether oxygens (including phenoxy) is 1. The van der Waals surface area contributed by atoms with Crippen molar-refractivity contribution in [3.63, 3.8) is 0 Å². The van der Waals surface area contributed by atoms with Crippen LogP contribution >= 0.6 is 0 Å². The lowest BCUT2D eigenvalue weighted by Gasteiger charge is -2.08. The second kappa shape index (κ2) is 4.18. The van der Waals surface area contributed by atoms with Gasteiger partial charge in [0.1, 0.15) is 11.6 Å². The van der Waals surface area contributed by atoms with Crippen LogP contribution in [0.2, 0.25) is 0 Å². The number of aromatic nitrogens is 2. The standard InChI is InChI=1S/C12H13N3O/c1-8-3-4-10(16-2)9(7-8)12-14-6-5-11(13)15-12/h3-7H,1-2H3,(H2,13,14,15). The van der Waals surface area contributed by atoms with E-state index in [1.54, 1.807) is 19.4 Å². The summed E-state index contributed by atoms with van der Waals surface area (Å²) in [6, 6.07) is 7.52. The molecule has 0 saturated carbocycles. The summed E-state index contributed by atoms with van der Waals surface area (Å²) >= 11 is 0. The average molecular weight is 215 g/mol. The maximum absolute atomic E-state index is 5.63. The van der Waals surface area contributed by atoms with Gasteiger partial charge in [-0.05, 0) is 25.1 Å². The number of rotatable bonds is 2. The minimum Gasteiger partial charge on any atom is -0.496 e. The first-order valence-electron chi connectivity index (χ1n) is 4.94. The highest BCUT2D eigenvalue weighted by Crippen LogP contribution is 2.28. The van der Waals surface area contributed by atoms with Gasteiger partial charge in [-0.15, -0.1) is 0 Å². The summed E-state index contributed by atoms with van der Waals surface area (Å²) in [6.07, 6.45) is 1.64. The Morgan fingerprint density at radius 1 is 1.25 bits per heavy atom. The van der Waals surface area contributed by atoms with Crippen LogP contribution in [0.3, 0.4) is 0 Å². The highest BCUT2D eigenvalue weighted by Gasteiger charge is 2.08. The SMILES string of the molecule is COc1ccc(C)cc1-c1nccc(N)n1. The van der Waals surface area contributed by atoms with E-state index in [2.05, 4.69) is 9.97 Å². The van der Waals surface area contributed by atoms with E-state index in [1.807, 2.05) is 25.1 Å². The summed E-state index contributed by atoms with van der Waals surface area (Å²) in [5.41, 5.74) is 7.62. The molecule has 2 rings (SSSR count). The van der Waals surface area contributed by atoms with Crippen molar-refractivity contribution in [1.29, 1.82) is 0 Å². The van der Waals surface area contributed by atoms with Crippen LogP contribution < -0.4 is 10.5 Å². The van der Waals surface area contributed by atoms with E-state index in [0.29, 0.717) is 11.6 Å². The van der Waals surface area contributed by atoms with Gasteiger partial charge in [-0.1, -0.05) is 11.6 Å². The normalized spacial score (nSPS) is 10.1. The van der Waals surface area contributed by atoms with E-state index < -0.39 is 0 Å². The molecule has 0 bridgehead atoms. The van der Waals surface area contributed by atoms with Crippen LogP contribution in [0.25, 0.3) is 11.4 Å². The quantitative estimate of drug-likeness (QED) is 0.832. The van der Waals surface area contributed by atoms with E-state index in [1.165, 1.54) is 0 Å². The van der Waals surface area contributed by atoms with E-state index in [9.17, 15) is 0 Å². The molecule has 0 saturated heterocycles. The Balaban J connectivity index is 2.58. The Morgan fingerprint density at radius 3 is 2.75 bits per heavy atom. The van der Waals surface area contributed by atoms with E-state index >= 15 is 0 Å². The number of nitrogen functional groups attached to an aromatic ring is 1. The second-order valence-electron chi connectivity index (χ2n) is 3.51. The highest BCUT2D eigenvalue weighted by molar-refractivity contribution is 5.65. The van der Waals surface area contributed by atoms with E-state index in [0.717, 1.165) is 16.9 Å². The third-order valence-corrected chi connectivity index (χ3v) is 2.27. The van der Waals surface area contributed by atoms with Crippen molar-refractivity contribution in [2.75, 3.05) is 12.8 Å². The Hall–Kier alpha value is -2.10. The first-order valence-corrected chi connectivity index (χ1v) is 4.94. The maximum atomic E-state index is 5.63. The minimum absolute atomic E-state index is 0.452. The summed E-state index contributed by atoms with van der Waals surface area (Å²) in [5, 5.41) is 0. The van der Waals surface area contributed by atoms with Crippen molar-refractivity contribution in [3.05, 3.63) is 36.0 Å². The zero-order valence-corrected chi connectivity index (χ0v) is 9.27. The first-order chi connectivity index (χ1) is 7.70. The van der Waals surface area contributed by atoms with Gasteiger partial charge >= 0.3 is 0 Å². The molecule has 2 aromatic rings. The molecule has 1 aromatic carbocycles. The van der Waals surface area contributed by atoms with Gasteiger partial charge in [0, 0.05) is 6.20 Å². The van der Waals surface area contributed by atoms with Crippen molar-refractivity contribution in [3.8, 4) is 17.1 Å². The molecule has 82 valence electrons. The number of nitrogens with zero attached hydrogens (tertiary/aromatic N) is 2. The minimum atomic E-state index is 0.452. The number of methoxy groups -OCH3 is 1. The van der Waals surface area contributed by atoms with Crippen LogP contribution in [0, 0.1) is 6.92 Å². The fourth-order valence-corrected chi connectivity index (χ4v) is 1.50. The van der Waals surface area contributed by atoms with Gasteiger partial charge in [-0.25, -0.2) is 9.97 Å². The molecule has 16 heavy (non-hydrogen) atoms. The largest absolute Gasteiger partial charge is 0.496 e. The summed E-state index contributed by atoms with van der Waals surface area (Å²) < 4.78 is 5.27. The van der Waals surface area contributed by atoms with Crippen molar-refractivity contribution in [2.24, 2.45) is 0 Å². The molecule has 4 heteroatoms. The van der Waals surface area contributed by atoms with Gasteiger partial charge in [0.2, 0.25) is 0 Å². The van der Waals surface area contributed by atoms with Crippen molar-refractivity contribution >= 4 is 5.82 Å². The number of hydrogen-bond donors (Lipinski definition) is 1. The molecule has 0 radical (unpaired) electrons. The van der Waals surface area contributed by atoms with Crippen LogP contribution in [0.1, 0.15) is 5.56 Å². The van der Waals surface area contributed by atoms with E-state index in [-0.39, 0.29) is 0 Å². The summed E-state index contributed by atoms with van der Waals surface area (Å²) in [5.74, 6) is 1.78. The molecule has 2 N–H and O–H groups in total. The maximum Gasteiger partial charge on any atom is 0.165 e. The van der Waals surface area contributed by atoms with E-state index in [4.69, 9.17) is 10.5 Å². The van der Waals surface area contributed by atoms with Crippen molar-refractivity contribution in [2.45, 2.75) is 6.92 Å². The second-order valence-corrected chi connectivity index (χ2v) is 3.51. The van der Waals surface area contributed by atoms with Gasteiger partial charge in [0.05, 0.1) is 12.7 Å². The van der Waals surface area contributed by atoms with Crippen molar-refractivity contribution in [1.82, 2.24) is 9.97 Å². The fourth-order valence-electron chi connectivity index (χ4n) is 1.50. The van der Waals surface area contributed by atoms with Gasteiger partial charge in [-0.2, -0.15) is 0 Å². The first kappa shape index (κ1) is 10.4. The lowest BCUT2D eigenvalue weighted by Crippen LogP contribution is -1.96. The molecular weight excluding hydrogens is 202 g/mol. The molecule has 1 heterocycles. The molecule has 1 aromatic heterocycles. The van der Waals surface area contributed by atoms with Gasteiger partial charge in [0.25, 0.3) is 0 Å². The molecule has 0 atom stereocenters. The number of aryl methyl sites for hydroxylation is 1. The van der Waals surface area contributed by atoms with Crippen molar-refractivity contribution < 1.29 is 4.74 Å². The molecular formula is C12H13N3O. The molecule has 0 spiro atoms. The van der Waals surface area contributed by atoms with Gasteiger partial charge in [0.15, 0.2) is 5.82 Å². The van der Waals surface area contributed by atoms with Crippen LogP contribution in [-0.2, 0) is 0 Å². The Kier molecular flexibility index (Phi) is 2.72. The van der Waals surface area contributed by atoms with Crippen LogP contribution in [-0.4, -0.2) is 17.1 Å². The highest BCUT2D eigenvalue weighted by atomic mass is 16.5. The predicted molar refractivity (Wildman–Crippen MR) is 63.2 cm³/mol. The number of nitrogens with two attached hydrogens (primary N) is 1. The number of benzene rings is 1. The Bertz CT molecular complexity index is 511.